The molecule has 0 unspecified atom stereocenters. The van der Waals surface area contributed by atoms with E-state index in [0.29, 0.717) is 0 Å². The van der Waals surface area contributed by atoms with Gasteiger partial charge in [0, 0.05) is 0 Å². The van der Waals surface area contributed by atoms with Crippen LogP contribution in [0.5, 0.6) is 0 Å². The van der Waals surface area contributed by atoms with Crippen molar-refractivity contribution in [2.75, 3.05) is 0 Å². The van der Waals surface area contributed by atoms with Crippen LogP contribution in [0.4, 0.5) is 0 Å². The average molecular weight is 338 g/mol. The number of rotatable bonds is 3. The van der Waals surface area contributed by atoms with E-state index in [4.69, 9.17) is 0 Å². The van der Waals surface area contributed by atoms with Gasteiger partial charge in [-0.2, -0.15) is 12.2 Å². The van der Waals surface area contributed by atoms with Gasteiger partial charge in [-0.1, -0.05) is 26.2 Å². The molecule has 0 atom stereocenters. The fraction of sp³-hybridized carbons (Fsp3) is 0.375. The van der Waals surface area contributed by atoms with Gasteiger partial charge in [-0.05, 0) is 0 Å². The fourth-order valence-corrected chi connectivity index (χ4v) is 1.33. The minimum atomic E-state index is 0. The molecule has 2 aliphatic rings. The summed E-state index contributed by atoms with van der Waals surface area (Å²) in [7, 11) is 0. The SMILES string of the molecule is CCCCC1=CC[C-]=C1.[C-]1=CC=CC1.[CH3-].[CH3-].[SiH2]=[Zr]. The van der Waals surface area contributed by atoms with Crippen LogP contribution in [-0.2, 0) is 23.3 Å². The summed E-state index contributed by atoms with van der Waals surface area (Å²) in [5, 5.41) is 0. The first-order valence-electron chi connectivity index (χ1n) is 5.76. The van der Waals surface area contributed by atoms with Crippen molar-refractivity contribution in [2.45, 2.75) is 39.0 Å². The number of hydrogen-bond donors (Lipinski definition) is 0. The molecule has 2 heteroatoms. The second kappa shape index (κ2) is 19.4. The molecule has 0 saturated carbocycles. The van der Waals surface area contributed by atoms with Gasteiger partial charge < -0.3 is 14.9 Å². The molecule has 0 heterocycles. The second-order valence-electron chi connectivity index (χ2n) is 3.44. The second-order valence-corrected chi connectivity index (χ2v) is 3.44. The van der Waals surface area contributed by atoms with E-state index in [0.717, 1.165) is 12.8 Å². The zero-order valence-corrected chi connectivity index (χ0v) is 16.0. The van der Waals surface area contributed by atoms with Crippen molar-refractivity contribution >= 4 is 6.88 Å². The van der Waals surface area contributed by atoms with Crippen LogP contribution in [0, 0.1) is 27.0 Å². The molecule has 0 aromatic carbocycles. The molecular weight excluding hydrogens is 311 g/mol. The maximum atomic E-state index is 3.16. The monoisotopic (exact) mass is 336 g/mol. The Morgan fingerprint density at radius 3 is 2.28 bits per heavy atom. The van der Waals surface area contributed by atoms with Crippen molar-refractivity contribution in [3.05, 3.63) is 63.0 Å². The van der Waals surface area contributed by atoms with Crippen molar-refractivity contribution in [1.29, 1.82) is 0 Å². The number of unbranched alkanes of at least 4 members (excludes halogenated alkanes) is 1. The van der Waals surface area contributed by atoms with E-state index in [1.54, 1.807) is 23.3 Å². The Balaban J connectivity index is -0.000000217. The molecule has 0 aromatic heterocycles. The van der Waals surface area contributed by atoms with Gasteiger partial charge in [0.05, 0.1) is 0 Å². The third-order valence-corrected chi connectivity index (χ3v) is 2.17. The summed E-state index contributed by atoms with van der Waals surface area (Å²) in [4.78, 5) is 0. The summed E-state index contributed by atoms with van der Waals surface area (Å²) >= 11 is 1.58. The number of hydrogen-bond acceptors (Lipinski definition) is 0. The summed E-state index contributed by atoms with van der Waals surface area (Å²) in [6.45, 7) is 4.18. The molecule has 0 saturated heterocycles. The Kier molecular flexibility index (Phi) is 25.0. The molecule has 2 aliphatic carbocycles. The molecule has 0 aromatic rings. The molecule has 0 radical (unpaired) electrons. The van der Waals surface area contributed by atoms with Gasteiger partial charge in [0.15, 0.2) is 0 Å². The van der Waals surface area contributed by atoms with E-state index >= 15 is 0 Å². The summed E-state index contributed by atoms with van der Waals surface area (Å²) in [5.74, 6) is 0. The van der Waals surface area contributed by atoms with E-state index in [-0.39, 0.29) is 14.9 Å². The van der Waals surface area contributed by atoms with Crippen molar-refractivity contribution in [2.24, 2.45) is 0 Å². The van der Waals surface area contributed by atoms with Crippen molar-refractivity contribution in [3.63, 3.8) is 0 Å². The van der Waals surface area contributed by atoms with E-state index in [9.17, 15) is 0 Å². The summed E-state index contributed by atoms with van der Waals surface area (Å²) in [6, 6.07) is 0. The predicted octanol–water partition coefficient (Wildman–Crippen LogP) is 4.15. The molecule has 102 valence electrons. The molecule has 0 fully saturated rings. The van der Waals surface area contributed by atoms with E-state index in [1.807, 2.05) is 19.0 Å². The Hall–Kier alpha value is 0.0600. The molecule has 18 heavy (non-hydrogen) atoms. The van der Waals surface area contributed by atoms with Crippen LogP contribution in [0.15, 0.2) is 36.0 Å². The minimum absolute atomic E-state index is 0. The summed E-state index contributed by atoms with van der Waals surface area (Å²) in [5.41, 5.74) is 1.48. The Morgan fingerprint density at radius 2 is 1.94 bits per heavy atom. The Labute approximate surface area is 132 Å². The summed E-state index contributed by atoms with van der Waals surface area (Å²) in [6.07, 6.45) is 22.5. The van der Waals surface area contributed by atoms with Crippen LogP contribution in [0.3, 0.4) is 0 Å². The molecule has 0 spiro atoms. The summed E-state index contributed by atoms with van der Waals surface area (Å²) < 4.78 is 0. The molecule has 0 aliphatic heterocycles. The zero-order valence-electron chi connectivity index (χ0n) is 12.1. The van der Waals surface area contributed by atoms with E-state index in [2.05, 4.69) is 37.3 Å². The first kappa shape index (κ1) is 23.2. The number of allylic oxidation sites excluding steroid dienone is 8. The third-order valence-electron chi connectivity index (χ3n) is 2.17. The topological polar surface area (TPSA) is 0 Å². The zero-order chi connectivity index (χ0) is 12.1. The van der Waals surface area contributed by atoms with Gasteiger partial charge in [0.25, 0.3) is 0 Å². The van der Waals surface area contributed by atoms with Crippen LogP contribution >= 0.6 is 0 Å². The normalized spacial score (nSPS) is 13.2. The van der Waals surface area contributed by atoms with E-state index in [1.165, 1.54) is 24.8 Å². The van der Waals surface area contributed by atoms with Gasteiger partial charge in [-0.3, -0.25) is 12.2 Å². The van der Waals surface area contributed by atoms with Gasteiger partial charge in [-0.15, -0.1) is 12.8 Å². The predicted molar refractivity (Wildman–Crippen MR) is 83.0 cm³/mol. The molecule has 2 rings (SSSR count). The van der Waals surface area contributed by atoms with Gasteiger partial charge in [0.2, 0.25) is 0 Å². The van der Waals surface area contributed by atoms with Gasteiger partial charge >= 0.3 is 30.2 Å². The average Bonchev–Trinajstić information content (AvgIpc) is 3.04. The van der Waals surface area contributed by atoms with Crippen molar-refractivity contribution in [1.82, 2.24) is 0 Å². The van der Waals surface area contributed by atoms with Gasteiger partial charge in [-0.25, -0.2) is 23.8 Å². The van der Waals surface area contributed by atoms with Crippen molar-refractivity contribution < 1.29 is 23.3 Å². The first-order valence-corrected chi connectivity index (χ1v) is 11.7. The molecule has 0 amide bonds. The molecule has 0 N–H and O–H groups in total. The van der Waals surface area contributed by atoms with Gasteiger partial charge in [0.1, 0.15) is 0 Å². The van der Waals surface area contributed by atoms with Crippen LogP contribution in [-0.4, -0.2) is 6.88 Å². The van der Waals surface area contributed by atoms with Crippen LogP contribution in [0.25, 0.3) is 0 Å². The quantitative estimate of drug-likeness (QED) is 0.536. The van der Waals surface area contributed by atoms with Crippen LogP contribution in [0.1, 0.15) is 39.0 Å². The van der Waals surface area contributed by atoms with E-state index < -0.39 is 0 Å². The molecule has 0 nitrogen and oxygen atoms in total. The fourth-order valence-electron chi connectivity index (χ4n) is 1.33. The standard InChI is InChI=1S/C9H13.C5H5.2CH3.H2Si.Zr/c1-2-3-6-9-7-4-5-8-9;1-2-4-5-3-1;;;;/h7-8H,2-4,6H2,1H3;1-3H,4H2;2*1H3;1H2;/q4*-1;;. The maximum absolute atomic E-state index is 3.16. The van der Waals surface area contributed by atoms with Crippen LogP contribution < -0.4 is 0 Å². The third kappa shape index (κ3) is 14.1. The first-order chi connectivity index (χ1) is 7.93. The Morgan fingerprint density at radius 1 is 1.22 bits per heavy atom. The molecular formula is C16H26SiZr-4. The van der Waals surface area contributed by atoms with Crippen molar-refractivity contribution in [3.8, 4) is 0 Å². The van der Waals surface area contributed by atoms with Crippen LogP contribution in [0.2, 0.25) is 0 Å². The Bertz CT molecular complexity index is 265. The molecule has 0 bridgehead atoms.